The predicted octanol–water partition coefficient (Wildman–Crippen LogP) is 2.42. The van der Waals surface area contributed by atoms with Crippen molar-refractivity contribution in [2.75, 3.05) is 13.1 Å². The summed E-state index contributed by atoms with van der Waals surface area (Å²) in [5.41, 5.74) is 2.47. The number of hydrogen-bond donors (Lipinski definition) is 2. The van der Waals surface area contributed by atoms with E-state index in [2.05, 4.69) is 15.6 Å². The highest BCUT2D eigenvalue weighted by atomic mass is 16.1. The molecule has 0 saturated carbocycles. The monoisotopic (exact) mass is 283 g/mol. The van der Waals surface area contributed by atoms with E-state index in [9.17, 15) is 4.79 Å². The number of pyridine rings is 1. The molecule has 1 aromatic carbocycles. The Morgan fingerprint density at radius 1 is 1.43 bits per heavy atom. The first kappa shape index (κ1) is 14.0. The number of aromatic nitrogens is 1. The molecule has 1 aliphatic heterocycles. The van der Waals surface area contributed by atoms with Crippen LogP contribution in [0.4, 0.5) is 0 Å². The lowest BCUT2D eigenvalue weighted by atomic mass is 10.1. The zero-order valence-corrected chi connectivity index (χ0v) is 12.4. The largest absolute Gasteiger partial charge is 0.352 e. The molecule has 1 aliphatic rings. The molecule has 2 N–H and O–H groups in total. The van der Waals surface area contributed by atoms with Crippen LogP contribution in [-0.4, -0.2) is 30.0 Å². The van der Waals surface area contributed by atoms with Gasteiger partial charge < -0.3 is 10.6 Å². The zero-order chi connectivity index (χ0) is 14.7. The molecule has 0 bridgehead atoms. The van der Waals surface area contributed by atoms with Crippen LogP contribution in [0.25, 0.3) is 10.9 Å². The van der Waals surface area contributed by atoms with Gasteiger partial charge in [-0.1, -0.05) is 18.2 Å². The lowest BCUT2D eigenvalue weighted by molar-refractivity contribution is 0.0954. The van der Waals surface area contributed by atoms with Gasteiger partial charge in [0.1, 0.15) is 0 Å². The number of nitrogens with zero attached hydrogens (tertiary/aromatic N) is 1. The lowest BCUT2D eigenvalue weighted by Gasteiger charge is -2.12. The Bertz CT molecular complexity index is 648. The number of rotatable bonds is 4. The van der Waals surface area contributed by atoms with Crippen LogP contribution in [0, 0.1) is 6.92 Å². The van der Waals surface area contributed by atoms with Gasteiger partial charge in [-0.15, -0.1) is 0 Å². The first-order valence-electron chi connectivity index (χ1n) is 7.62. The summed E-state index contributed by atoms with van der Waals surface area (Å²) in [5.74, 6) is -0.00491. The van der Waals surface area contributed by atoms with Crippen LogP contribution in [0.15, 0.2) is 30.3 Å². The van der Waals surface area contributed by atoms with Gasteiger partial charge in [0, 0.05) is 23.7 Å². The normalized spacial score (nSPS) is 18.0. The second-order valence-corrected chi connectivity index (χ2v) is 5.67. The van der Waals surface area contributed by atoms with Gasteiger partial charge in [-0.2, -0.15) is 0 Å². The number of hydrogen-bond acceptors (Lipinski definition) is 3. The number of nitrogens with one attached hydrogen (secondary N) is 2. The van der Waals surface area contributed by atoms with Gasteiger partial charge in [0.05, 0.1) is 11.1 Å². The smallest absolute Gasteiger partial charge is 0.252 e. The Labute approximate surface area is 125 Å². The quantitative estimate of drug-likeness (QED) is 0.906. The van der Waals surface area contributed by atoms with E-state index in [-0.39, 0.29) is 5.91 Å². The van der Waals surface area contributed by atoms with Crippen molar-refractivity contribution in [1.82, 2.24) is 15.6 Å². The number of aryl methyl sites for hydroxylation is 1. The minimum atomic E-state index is -0.00491. The summed E-state index contributed by atoms with van der Waals surface area (Å²) < 4.78 is 0. The maximum absolute atomic E-state index is 12.4. The molecule has 0 spiro atoms. The molecule has 0 aliphatic carbocycles. The highest BCUT2D eigenvalue weighted by molar-refractivity contribution is 6.06. The Morgan fingerprint density at radius 3 is 3.10 bits per heavy atom. The topological polar surface area (TPSA) is 54.0 Å². The molecule has 4 heteroatoms. The van der Waals surface area contributed by atoms with Crippen molar-refractivity contribution in [1.29, 1.82) is 0 Å². The van der Waals surface area contributed by atoms with E-state index in [4.69, 9.17) is 0 Å². The number of amides is 1. The molecule has 3 rings (SSSR count). The molecule has 4 nitrogen and oxygen atoms in total. The summed E-state index contributed by atoms with van der Waals surface area (Å²) in [5, 5.41) is 7.40. The average molecular weight is 283 g/mol. The Hall–Kier alpha value is -1.94. The van der Waals surface area contributed by atoms with Gasteiger partial charge in [0.25, 0.3) is 5.91 Å². The van der Waals surface area contributed by atoms with E-state index < -0.39 is 0 Å². The highest BCUT2D eigenvalue weighted by Gasteiger charge is 2.15. The first-order chi connectivity index (χ1) is 10.2. The summed E-state index contributed by atoms with van der Waals surface area (Å²) >= 11 is 0. The van der Waals surface area contributed by atoms with E-state index in [1.807, 2.05) is 37.3 Å². The van der Waals surface area contributed by atoms with Gasteiger partial charge in [-0.25, -0.2) is 0 Å². The van der Waals surface area contributed by atoms with Crippen molar-refractivity contribution in [3.8, 4) is 0 Å². The summed E-state index contributed by atoms with van der Waals surface area (Å²) in [6.45, 7) is 3.74. The van der Waals surface area contributed by atoms with Crippen molar-refractivity contribution >= 4 is 16.8 Å². The molecule has 1 fully saturated rings. The number of fused-ring (bicyclic) bond motifs is 1. The Balaban J connectivity index is 1.71. The van der Waals surface area contributed by atoms with Crippen LogP contribution in [0.2, 0.25) is 0 Å². The third-order valence-corrected chi connectivity index (χ3v) is 4.03. The number of carbonyl (C=O) groups excluding carboxylic acids is 1. The molecule has 0 radical (unpaired) electrons. The minimum Gasteiger partial charge on any atom is -0.352 e. The Morgan fingerprint density at radius 2 is 2.29 bits per heavy atom. The maximum Gasteiger partial charge on any atom is 0.252 e. The second kappa shape index (κ2) is 6.22. The van der Waals surface area contributed by atoms with Gasteiger partial charge in [0.15, 0.2) is 0 Å². The van der Waals surface area contributed by atoms with Crippen molar-refractivity contribution < 1.29 is 4.79 Å². The average Bonchev–Trinajstić information content (AvgIpc) is 2.99. The van der Waals surface area contributed by atoms with Crippen LogP contribution in [0.5, 0.6) is 0 Å². The number of carbonyl (C=O) groups is 1. The molecule has 2 heterocycles. The van der Waals surface area contributed by atoms with Gasteiger partial charge in [0.2, 0.25) is 0 Å². The molecule has 2 aromatic rings. The maximum atomic E-state index is 12.4. The molecule has 1 atom stereocenters. The molecule has 21 heavy (non-hydrogen) atoms. The molecular weight excluding hydrogens is 262 g/mol. The molecule has 1 aromatic heterocycles. The molecule has 1 saturated heterocycles. The van der Waals surface area contributed by atoms with Crippen LogP contribution < -0.4 is 10.6 Å². The SMILES string of the molecule is Cc1cc(C(=O)NCC[C@@H]2CCCN2)c2ccccc2n1. The highest BCUT2D eigenvalue weighted by Crippen LogP contribution is 2.18. The fraction of sp³-hybridized carbons (Fsp3) is 0.412. The molecule has 1 amide bonds. The summed E-state index contributed by atoms with van der Waals surface area (Å²) in [6.07, 6.45) is 3.45. The van der Waals surface area contributed by atoms with Crippen LogP contribution in [0.3, 0.4) is 0 Å². The molecular formula is C17H21N3O. The number of para-hydroxylation sites is 1. The number of benzene rings is 1. The van der Waals surface area contributed by atoms with Crippen molar-refractivity contribution in [3.63, 3.8) is 0 Å². The van der Waals surface area contributed by atoms with E-state index in [0.29, 0.717) is 12.6 Å². The van der Waals surface area contributed by atoms with E-state index in [0.717, 1.165) is 35.1 Å². The fourth-order valence-corrected chi connectivity index (χ4v) is 2.95. The van der Waals surface area contributed by atoms with E-state index >= 15 is 0 Å². The third-order valence-electron chi connectivity index (χ3n) is 4.03. The predicted molar refractivity (Wildman–Crippen MR) is 84.5 cm³/mol. The fourth-order valence-electron chi connectivity index (χ4n) is 2.95. The lowest BCUT2D eigenvalue weighted by Crippen LogP contribution is -2.30. The van der Waals surface area contributed by atoms with Gasteiger partial charge >= 0.3 is 0 Å². The third kappa shape index (κ3) is 3.22. The summed E-state index contributed by atoms with van der Waals surface area (Å²) in [6, 6.07) is 10.2. The van der Waals surface area contributed by atoms with Crippen molar-refractivity contribution in [2.24, 2.45) is 0 Å². The van der Waals surface area contributed by atoms with Crippen LogP contribution >= 0.6 is 0 Å². The molecule has 110 valence electrons. The zero-order valence-electron chi connectivity index (χ0n) is 12.4. The van der Waals surface area contributed by atoms with Gasteiger partial charge in [-0.3, -0.25) is 9.78 Å². The standard InChI is InChI=1S/C17H21N3O/c1-12-11-15(14-6-2-3-7-16(14)20-12)17(21)19-10-8-13-5-4-9-18-13/h2-3,6-7,11,13,18H,4-5,8-10H2,1H3,(H,19,21)/t13-/m0/s1. The van der Waals surface area contributed by atoms with Crippen molar-refractivity contribution in [3.05, 3.63) is 41.6 Å². The molecule has 0 unspecified atom stereocenters. The minimum absolute atomic E-state index is 0.00491. The van der Waals surface area contributed by atoms with Crippen LogP contribution in [-0.2, 0) is 0 Å². The van der Waals surface area contributed by atoms with Crippen LogP contribution in [0.1, 0.15) is 35.3 Å². The van der Waals surface area contributed by atoms with E-state index in [1.165, 1.54) is 12.8 Å². The second-order valence-electron chi connectivity index (χ2n) is 5.67. The first-order valence-corrected chi connectivity index (χ1v) is 7.62. The summed E-state index contributed by atoms with van der Waals surface area (Å²) in [7, 11) is 0. The van der Waals surface area contributed by atoms with Crippen molar-refractivity contribution in [2.45, 2.75) is 32.2 Å². The van der Waals surface area contributed by atoms with Gasteiger partial charge in [-0.05, 0) is 44.9 Å². The summed E-state index contributed by atoms with van der Waals surface area (Å²) in [4.78, 5) is 16.9. The Kier molecular flexibility index (Phi) is 4.15. The van der Waals surface area contributed by atoms with E-state index in [1.54, 1.807) is 0 Å².